The van der Waals surface area contributed by atoms with E-state index in [1.54, 1.807) is 35.6 Å². The SMILES string of the molecule is CCNC(=NCc1sc(C)nc1C)NCCCC(=O)Nc1ccc(Cl)cc1. The van der Waals surface area contributed by atoms with Crippen LogP contribution in [0.3, 0.4) is 0 Å². The van der Waals surface area contributed by atoms with Crippen molar-refractivity contribution in [1.29, 1.82) is 0 Å². The lowest BCUT2D eigenvalue weighted by Crippen LogP contribution is -2.38. The Labute approximate surface area is 169 Å². The van der Waals surface area contributed by atoms with Crippen LogP contribution in [-0.4, -0.2) is 29.9 Å². The zero-order chi connectivity index (χ0) is 19.6. The number of anilines is 1. The number of halogens is 1. The first-order valence-corrected chi connectivity index (χ1v) is 10.2. The van der Waals surface area contributed by atoms with Gasteiger partial charge in [-0.1, -0.05) is 11.6 Å². The van der Waals surface area contributed by atoms with Gasteiger partial charge in [0, 0.05) is 35.1 Å². The summed E-state index contributed by atoms with van der Waals surface area (Å²) in [5.74, 6) is 0.734. The number of amides is 1. The second kappa shape index (κ2) is 10.9. The quantitative estimate of drug-likeness (QED) is 0.352. The molecule has 0 saturated carbocycles. The molecule has 0 aliphatic rings. The predicted molar refractivity (Wildman–Crippen MR) is 114 cm³/mol. The molecule has 0 spiro atoms. The van der Waals surface area contributed by atoms with Crippen molar-refractivity contribution in [2.24, 2.45) is 4.99 Å². The molecule has 0 atom stereocenters. The van der Waals surface area contributed by atoms with Crippen LogP contribution in [0.25, 0.3) is 0 Å². The zero-order valence-electron chi connectivity index (χ0n) is 15.9. The van der Waals surface area contributed by atoms with Gasteiger partial charge >= 0.3 is 0 Å². The Balaban J connectivity index is 1.75. The minimum absolute atomic E-state index is 0.0168. The Kier molecular flexibility index (Phi) is 8.54. The number of nitrogens with zero attached hydrogens (tertiary/aromatic N) is 2. The van der Waals surface area contributed by atoms with Gasteiger partial charge in [0.05, 0.1) is 17.2 Å². The van der Waals surface area contributed by atoms with Crippen LogP contribution in [0.1, 0.15) is 35.3 Å². The summed E-state index contributed by atoms with van der Waals surface area (Å²) < 4.78 is 0. The highest BCUT2D eigenvalue weighted by Crippen LogP contribution is 2.17. The largest absolute Gasteiger partial charge is 0.357 e. The molecule has 0 saturated heterocycles. The number of hydrogen-bond donors (Lipinski definition) is 3. The van der Waals surface area contributed by atoms with Crippen molar-refractivity contribution in [1.82, 2.24) is 15.6 Å². The molecule has 27 heavy (non-hydrogen) atoms. The summed E-state index contributed by atoms with van der Waals surface area (Å²) >= 11 is 7.51. The zero-order valence-corrected chi connectivity index (χ0v) is 17.5. The third kappa shape index (κ3) is 7.56. The Morgan fingerprint density at radius 3 is 2.59 bits per heavy atom. The summed E-state index contributed by atoms with van der Waals surface area (Å²) in [5.41, 5.74) is 1.79. The van der Waals surface area contributed by atoms with E-state index in [-0.39, 0.29) is 5.91 Å². The molecule has 0 fully saturated rings. The van der Waals surface area contributed by atoms with Crippen LogP contribution in [0.5, 0.6) is 0 Å². The van der Waals surface area contributed by atoms with E-state index < -0.39 is 0 Å². The number of benzene rings is 1. The third-order valence-corrected chi connectivity index (χ3v) is 5.04. The van der Waals surface area contributed by atoms with Crippen LogP contribution < -0.4 is 16.0 Å². The summed E-state index contributed by atoms with van der Waals surface area (Å²) in [6, 6.07) is 7.09. The van der Waals surface area contributed by atoms with Crippen molar-refractivity contribution < 1.29 is 4.79 Å². The molecule has 2 aromatic rings. The number of thiazole rings is 1. The van der Waals surface area contributed by atoms with Gasteiger partial charge in [-0.15, -0.1) is 11.3 Å². The van der Waals surface area contributed by atoms with Crippen molar-refractivity contribution in [3.63, 3.8) is 0 Å². The van der Waals surface area contributed by atoms with Crippen molar-refractivity contribution in [2.45, 2.75) is 40.2 Å². The Hall–Kier alpha value is -2.12. The van der Waals surface area contributed by atoms with Gasteiger partial charge in [-0.05, 0) is 51.5 Å². The number of aromatic nitrogens is 1. The highest BCUT2D eigenvalue weighted by Gasteiger charge is 2.06. The molecule has 0 unspecified atom stereocenters. The minimum atomic E-state index is -0.0168. The van der Waals surface area contributed by atoms with Gasteiger partial charge in [0.2, 0.25) is 5.91 Å². The maximum atomic E-state index is 12.0. The number of aryl methyl sites for hydroxylation is 2. The molecule has 1 amide bonds. The van der Waals surface area contributed by atoms with Gasteiger partial charge in [-0.3, -0.25) is 4.79 Å². The summed E-state index contributed by atoms with van der Waals surface area (Å²) in [4.78, 5) is 22.2. The van der Waals surface area contributed by atoms with Crippen LogP contribution in [-0.2, 0) is 11.3 Å². The molecule has 1 heterocycles. The fraction of sp³-hybridized carbons (Fsp3) is 0.421. The van der Waals surface area contributed by atoms with E-state index in [1.807, 2.05) is 20.8 Å². The van der Waals surface area contributed by atoms with Crippen LogP contribution in [0.4, 0.5) is 5.69 Å². The minimum Gasteiger partial charge on any atom is -0.357 e. The third-order valence-electron chi connectivity index (χ3n) is 3.73. The van der Waals surface area contributed by atoms with E-state index in [2.05, 4.69) is 25.9 Å². The molecular formula is C19H26ClN5OS. The number of aliphatic imine (C=N–C) groups is 1. The second-order valence-corrected chi connectivity index (χ2v) is 7.75. The Bertz CT molecular complexity index is 773. The molecule has 6 nitrogen and oxygen atoms in total. The lowest BCUT2D eigenvalue weighted by atomic mass is 10.2. The van der Waals surface area contributed by atoms with E-state index in [9.17, 15) is 4.79 Å². The highest BCUT2D eigenvalue weighted by molar-refractivity contribution is 7.11. The maximum Gasteiger partial charge on any atom is 0.224 e. The van der Waals surface area contributed by atoms with E-state index in [1.165, 1.54) is 4.88 Å². The molecule has 0 aliphatic heterocycles. The molecule has 3 N–H and O–H groups in total. The first-order valence-electron chi connectivity index (χ1n) is 8.98. The maximum absolute atomic E-state index is 12.0. The lowest BCUT2D eigenvalue weighted by Gasteiger charge is -2.11. The average molecular weight is 408 g/mol. The predicted octanol–water partition coefficient (Wildman–Crippen LogP) is 3.89. The van der Waals surface area contributed by atoms with Crippen LogP contribution in [0.15, 0.2) is 29.3 Å². The summed E-state index contributed by atoms with van der Waals surface area (Å²) in [7, 11) is 0. The average Bonchev–Trinajstić information content (AvgIpc) is 2.95. The standard InChI is InChI=1S/C19H26ClN5OS/c1-4-21-19(23-12-17-13(2)24-14(3)27-17)22-11-5-6-18(26)25-16-9-7-15(20)8-10-16/h7-10H,4-6,11-12H2,1-3H3,(H,25,26)(H2,21,22,23). The Morgan fingerprint density at radius 1 is 1.22 bits per heavy atom. The van der Waals surface area contributed by atoms with Gasteiger partial charge in [0.1, 0.15) is 0 Å². The van der Waals surface area contributed by atoms with Crippen molar-refractivity contribution in [2.75, 3.05) is 18.4 Å². The van der Waals surface area contributed by atoms with E-state index >= 15 is 0 Å². The van der Waals surface area contributed by atoms with E-state index in [4.69, 9.17) is 11.6 Å². The van der Waals surface area contributed by atoms with E-state index in [0.29, 0.717) is 31.0 Å². The van der Waals surface area contributed by atoms with Crippen molar-refractivity contribution >= 4 is 40.5 Å². The molecule has 2 rings (SSSR count). The second-order valence-electron chi connectivity index (χ2n) is 6.02. The van der Waals surface area contributed by atoms with Crippen LogP contribution in [0.2, 0.25) is 5.02 Å². The normalized spacial score (nSPS) is 11.3. The number of carbonyl (C=O) groups is 1. The monoisotopic (exact) mass is 407 g/mol. The molecular weight excluding hydrogens is 382 g/mol. The van der Waals surface area contributed by atoms with Crippen molar-refractivity contribution in [3.05, 3.63) is 44.9 Å². The first kappa shape index (κ1) is 21.2. The van der Waals surface area contributed by atoms with Crippen LogP contribution >= 0.6 is 22.9 Å². The van der Waals surface area contributed by atoms with Gasteiger partial charge in [0.25, 0.3) is 0 Å². The molecule has 1 aromatic heterocycles. The topological polar surface area (TPSA) is 78.4 Å². The number of hydrogen-bond acceptors (Lipinski definition) is 4. The molecule has 0 radical (unpaired) electrons. The van der Waals surface area contributed by atoms with Gasteiger partial charge in [0.15, 0.2) is 5.96 Å². The summed E-state index contributed by atoms with van der Waals surface area (Å²) in [6.45, 7) is 8.09. The molecule has 0 bridgehead atoms. The molecule has 0 aliphatic carbocycles. The number of nitrogens with one attached hydrogen (secondary N) is 3. The Morgan fingerprint density at radius 2 is 1.96 bits per heavy atom. The van der Waals surface area contributed by atoms with Crippen molar-refractivity contribution in [3.8, 4) is 0 Å². The summed E-state index contributed by atoms with van der Waals surface area (Å²) in [6.07, 6.45) is 1.14. The highest BCUT2D eigenvalue weighted by atomic mass is 35.5. The van der Waals surface area contributed by atoms with Crippen LogP contribution in [0, 0.1) is 13.8 Å². The molecule has 146 valence electrons. The fourth-order valence-electron chi connectivity index (χ4n) is 2.43. The fourth-order valence-corrected chi connectivity index (χ4v) is 3.41. The number of carbonyl (C=O) groups excluding carboxylic acids is 1. The lowest BCUT2D eigenvalue weighted by molar-refractivity contribution is -0.116. The molecule has 8 heteroatoms. The van der Waals surface area contributed by atoms with Gasteiger partial charge < -0.3 is 16.0 Å². The number of guanidine groups is 1. The first-order chi connectivity index (χ1) is 13.0. The van der Waals surface area contributed by atoms with E-state index in [0.717, 1.165) is 28.9 Å². The molecule has 1 aromatic carbocycles. The number of rotatable bonds is 8. The van der Waals surface area contributed by atoms with Gasteiger partial charge in [-0.2, -0.15) is 0 Å². The van der Waals surface area contributed by atoms with Gasteiger partial charge in [-0.25, -0.2) is 9.98 Å². The smallest absolute Gasteiger partial charge is 0.224 e. The summed E-state index contributed by atoms with van der Waals surface area (Å²) in [5, 5.41) is 11.1.